The lowest BCUT2D eigenvalue weighted by molar-refractivity contribution is 0.412. The zero-order valence-corrected chi connectivity index (χ0v) is 34.9. The molecule has 0 fully saturated rings. The van der Waals surface area contributed by atoms with Crippen LogP contribution in [0.4, 0.5) is 0 Å². The number of rotatable bonds is 9. The largest absolute Gasteiger partial charge is 0.328 e. The van der Waals surface area contributed by atoms with Crippen LogP contribution in [0, 0.1) is 23.7 Å². The number of nitrogens with one attached hydrogen (secondary N) is 1. The van der Waals surface area contributed by atoms with Crippen molar-refractivity contribution in [3.8, 4) is 0 Å². The number of amidine groups is 2. The first-order valence-corrected chi connectivity index (χ1v) is 22.9. The maximum absolute atomic E-state index is 5.51. The topological polar surface area (TPSA) is 49.6 Å². The molecule has 1 aromatic heterocycles. The zero-order chi connectivity index (χ0) is 40.1. The minimum atomic E-state index is -0.245. The molecule has 6 atom stereocenters. The lowest BCUT2D eigenvalue weighted by Crippen LogP contribution is -2.42. The van der Waals surface area contributed by atoms with Gasteiger partial charge in [-0.15, -0.1) is 0 Å². The van der Waals surface area contributed by atoms with E-state index in [1.165, 1.54) is 82.5 Å². The predicted molar refractivity (Wildman–Crippen MR) is 252 cm³/mol. The summed E-state index contributed by atoms with van der Waals surface area (Å²) < 4.78 is 0. The fourth-order valence-corrected chi connectivity index (χ4v) is 10.4. The Morgan fingerprint density at radius 3 is 2.33 bits per heavy atom. The first-order valence-electron chi connectivity index (χ1n) is 22.9. The number of hydrogen-bond acceptors (Lipinski definition) is 4. The molecule has 0 radical (unpaired) electrons. The summed E-state index contributed by atoms with van der Waals surface area (Å²) in [6.45, 7) is 0. The second-order valence-electron chi connectivity index (χ2n) is 17.8. The van der Waals surface area contributed by atoms with Gasteiger partial charge in [-0.2, -0.15) is 0 Å². The van der Waals surface area contributed by atoms with Crippen LogP contribution >= 0.6 is 0 Å². The van der Waals surface area contributed by atoms with Crippen LogP contribution in [-0.4, -0.2) is 22.8 Å². The average molecular weight is 787 g/mol. The van der Waals surface area contributed by atoms with E-state index >= 15 is 0 Å². The van der Waals surface area contributed by atoms with Crippen LogP contribution in [0.1, 0.15) is 112 Å². The molecular weight excluding hydrogens is 729 g/mol. The van der Waals surface area contributed by atoms with Gasteiger partial charge in [-0.3, -0.25) is 0 Å². The Morgan fingerprint density at radius 2 is 1.53 bits per heavy atom. The standard InChI is InChI=1S/C56H58N4/c1-5-15-39(16-6-1)41-27-31-45(32-28-41)54-58-55(46-33-29-42(30-34-46)40-17-7-2-8-18-40)60-56(59-54)50-26-14-24-48(38-50)47-23-13-25-49(37-47)52-36-35-51(43-19-9-3-10-20-43)53(57-52)44-21-11-4-12-22-44/h1-2,4-8,11,14-17,19,21,24,26-27,29-33,35-37,40-41,46-48,56H,3,9-10,12-13,18,20,22-23,25,28,34,38H2,(H,58,59,60). The zero-order valence-electron chi connectivity index (χ0n) is 34.9. The highest BCUT2D eigenvalue weighted by molar-refractivity contribution is 6.13. The van der Waals surface area contributed by atoms with Crippen molar-refractivity contribution < 1.29 is 0 Å². The Balaban J connectivity index is 0.904. The molecule has 0 saturated carbocycles. The van der Waals surface area contributed by atoms with E-state index < -0.39 is 0 Å². The molecule has 4 nitrogen and oxygen atoms in total. The maximum atomic E-state index is 5.51. The second-order valence-corrected chi connectivity index (χ2v) is 17.8. The number of pyridine rings is 1. The van der Waals surface area contributed by atoms with Crippen LogP contribution in [0.15, 0.2) is 179 Å². The minimum absolute atomic E-state index is 0.188. The maximum Gasteiger partial charge on any atom is 0.165 e. The SMILES string of the molecule is C1=CCCC(c2nc(C3=CC(C4C=CC=C(C5N=C(C6=CCC(c7ccccc7)C=C6)NC(C6C=CC(C7C=CC=CC7)=CC6)=N5)C4)CCC3)ccc2C2=CCCCC2)=C1. The number of allylic oxidation sites excluding steroid dienone is 20. The van der Waals surface area contributed by atoms with Crippen LogP contribution in [-0.2, 0) is 0 Å². The molecule has 8 aliphatic rings. The molecule has 4 heteroatoms. The number of benzene rings is 1. The third-order valence-electron chi connectivity index (χ3n) is 13.8. The molecule has 302 valence electrons. The molecule has 10 rings (SSSR count). The third-order valence-corrected chi connectivity index (χ3v) is 13.8. The molecule has 60 heavy (non-hydrogen) atoms. The van der Waals surface area contributed by atoms with Crippen LogP contribution in [0.25, 0.3) is 16.7 Å². The number of aromatic nitrogens is 1. The number of nitrogens with zero attached hydrogens (tertiary/aromatic N) is 3. The number of hydrogen-bond donors (Lipinski definition) is 1. The van der Waals surface area contributed by atoms with Gasteiger partial charge in [0, 0.05) is 28.9 Å². The third kappa shape index (κ3) is 8.53. The summed E-state index contributed by atoms with van der Waals surface area (Å²) >= 11 is 0. The summed E-state index contributed by atoms with van der Waals surface area (Å²) in [5.41, 5.74) is 13.3. The molecule has 2 heterocycles. The fraction of sp³-hybridized carbons (Fsp3) is 0.339. The molecule has 0 amide bonds. The van der Waals surface area contributed by atoms with Crippen LogP contribution in [0.3, 0.4) is 0 Å². The summed E-state index contributed by atoms with van der Waals surface area (Å²) in [5.74, 6) is 3.86. The van der Waals surface area contributed by atoms with Gasteiger partial charge in [-0.05, 0) is 135 Å². The van der Waals surface area contributed by atoms with Crippen molar-refractivity contribution in [2.24, 2.45) is 33.7 Å². The van der Waals surface area contributed by atoms with Crippen LogP contribution in [0.5, 0.6) is 0 Å². The van der Waals surface area contributed by atoms with Crippen molar-refractivity contribution in [2.45, 2.75) is 95.6 Å². The summed E-state index contributed by atoms with van der Waals surface area (Å²) in [7, 11) is 0. The van der Waals surface area contributed by atoms with E-state index in [2.05, 4.69) is 157 Å². The molecule has 1 aliphatic heterocycles. The van der Waals surface area contributed by atoms with E-state index in [-0.39, 0.29) is 12.1 Å². The van der Waals surface area contributed by atoms with Gasteiger partial charge in [0.15, 0.2) is 6.17 Å². The van der Waals surface area contributed by atoms with E-state index in [4.69, 9.17) is 15.0 Å². The predicted octanol–water partition coefficient (Wildman–Crippen LogP) is 13.5. The van der Waals surface area contributed by atoms with Gasteiger partial charge in [0.25, 0.3) is 0 Å². The Kier molecular flexibility index (Phi) is 11.5. The van der Waals surface area contributed by atoms with Gasteiger partial charge in [0.2, 0.25) is 0 Å². The lowest BCUT2D eigenvalue weighted by atomic mass is 9.76. The van der Waals surface area contributed by atoms with E-state index in [0.717, 1.165) is 68.6 Å². The average Bonchev–Trinajstić information content (AvgIpc) is 3.35. The lowest BCUT2D eigenvalue weighted by Gasteiger charge is -2.32. The van der Waals surface area contributed by atoms with Crippen LogP contribution < -0.4 is 5.32 Å². The normalized spacial score (nSPS) is 28.7. The molecule has 1 N–H and O–H groups in total. The van der Waals surface area contributed by atoms with E-state index in [0.29, 0.717) is 23.7 Å². The molecule has 7 aliphatic carbocycles. The number of aliphatic imine (C=N–C) groups is 2. The first kappa shape index (κ1) is 38.6. The minimum Gasteiger partial charge on any atom is -0.328 e. The second kappa shape index (κ2) is 17.9. The highest BCUT2D eigenvalue weighted by Crippen LogP contribution is 2.41. The Labute approximate surface area is 357 Å². The first-order chi connectivity index (χ1) is 29.7. The highest BCUT2D eigenvalue weighted by Gasteiger charge is 2.31. The van der Waals surface area contributed by atoms with E-state index in [9.17, 15) is 0 Å². The van der Waals surface area contributed by atoms with Crippen molar-refractivity contribution in [3.05, 3.63) is 191 Å². The van der Waals surface area contributed by atoms with Crippen molar-refractivity contribution in [2.75, 3.05) is 0 Å². The fourth-order valence-electron chi connectivity index (χ4n) is 10.4. The highest BCUT2D eigenvalue weighted by atomic mass is 15.2. The molecule has 0 spiro atoms. The molecule has 6 unspecified atom stereocenters. The quantitative estimate of drug-likeness (QED) is 0.275. The molecule has 1 aromatic carbocycles. The van der Waals surface area contributed by atoms with Gasteiger partial charge >= 0.3 is 0 Å². The van der Waals surface area contributed by atoms with Gasteiger partial charge in [0.1, 0.15) is 11.7 Å². The van der Waals surface area contributed by atoms with Crippen molar-refractivity contribution in [1.82, 2.24) is 10.3 Å². The van der Waals surface area contributed by atoms with Crippen molar-refractivity contribution in [3.63, 3.8) is 0 Å². The monoisotopic (exact) mass is 786 g/mol. The van der Waals surface area contributed by atoms with E-state index in [1.807, 2.05) is 0 Å². The smallest absolute Gasteiger partial charge is 0.165 e. The Bertz CT molecular complexity index is 2410. The van der Waals surface area contributed by atoms with Gasteiger partial charge in [0.05, 0.1) is 11.4 Å². The molecule has 2 aromatic rings. The Morgan fingerprint density at radius 1 is 0.617 bits per heavy atom. The summed E-state index contributed by atoms with van der Waals surface area (Å²) in [4.78, 5) is 16.4. The van der Waals surface area contributed by atoms with E-state index in [1.54, 1.807) is 0 Å². The summed E-state index contributed by atoms with van der Waals surface area (Å²) in [5, 5.41) is 3.76. The molecule has 0 saturated heterocycles. The summed E-state index contributed by atoms with van der Waals surface area (Å²) in [6.07, 6.45) is 56.2. The van der Waals surface area contributed by atoms with Crippen LogP contribution in [0.2, 0.25) is 0 Å². The van der Waals surface area contributed by atoms with Crippen molar-refractivity contribution >= 4 is 28.4 Å². The summed E-state index contributed by atoms with van der Waals surface area (Å²) in [6, 6.07) is 15.6. The van der Waals surface area contributed by atoms with Crippen molar-refractivity contribution in [1.29, 1.82) is 0 Å². The van der Waals surface area contributed by atoms with Gasteiger partial charge in [-0.25, -0.2) is 15.0 Å². The van der Waals surface area contributed by atoms with Gasteiger partial charge < -0.3 is 5.32 Å². The van der Waals surface area contributed by atoms with Gasteiger partial charge in [-0.1, -0.05) is 146 Å². The molecule has 0 bridgehead atoms. The molecular formula is C56H58N4. The Hall–Kier alpha value is -5.61.